The molecule has 0 aliphatic carbocycles. The van der Waals surface area contributed by atoms with Crippen molar-refractivity contribution in [3.05, 3.63) is 35.9 Å². The van der Waals surface area contributed by atoms with Crippen molar-refractivity contribution in [2.24, 2.45) is 0 Å². The van der Waals surface area contributed by atoms with Crippen LogP contribution in [0.25, 0.3) is 0 Å². The first kappa shape index (κ1) is 16.4. The van der Waals surface area contributed by atoms with Gasteiger partial charge in [0.05, 0.1) is 0 Å². The van der Waals surface area contributed by atoms with Gasteiger partial charge < -0.3 is 9.79 Å². The van der Waals surface area contributed by atoms with Crippen LogP contribution in [0, 0.1) is 0 Å². The Labute approximate surface area is 116 Å². The van der Waals surface area contributed by atoms with Crippen LogP contribution < -0.4 is 0 Å². The zero-order valence-electron chi connectivity index (χ0n) is 11.5. The van der Waals surface area contributed by atoms with Crippen molar-refractivity contribution in [2.45, 2.75) is 51.4 Å². The van der Waals surface area contributed by atoms with Crippen molar-refractivity contribution < 1.29 is 14.4 Å². The Morgan fingerprint density at radius 1 is 0.789 bits per heavy atom. The Morgan fingerprint density at radius 2 is 1.32 bits per heavy atom. The summed E-state index contributed by atoms with van der Waals surface area (Å²) in [4.78, 5) is 17.4. The molecule has 0 radical (unpaired) electrons. The van der Waals surface area contributed by atoms with E-state index in [-0.39, 0.29) is 6.16 Å². The fourth-order valence-electron chi connectivity index (χ4n) is 2.18. The smallest absolute Gasteiger partial charge is 0.324 e. The molecule has 2 N–H and O–H groups in total. The molecule has 0 unspecified atom stereocenters. The van der Waals surface area contributed by atoms with Crippen molar-refractivity contribution in [2.75, 3.05) is 6.16 Å². The molecule has 108 valence electrons. The highest BCUT2D eigenvalue weighted by Crippen LogP contribution is 2.35. The highest BCUT2D eigenvalue weighted by molar-refractivity contribution is 7.51. The average molecular weight is 284 g/mol. The minimum atomic E-state index is -3.77. The van der Waals surface area contributed by atoms with E-state index in [0.29, 0.717) is 6.42 Å². The lowest BCUT2D eigenvalue weighted by molar-refractivity contribution is 0.370. The number of aryl methyl sites for hydroxylation is 1. The Bertz CT molecular complexity index is 372. The molecule has 0 aliphatic rings. The van der Waals surface area contributed by atoms with E-state index in [1.54, 1.807) is 0 Å². The summed E-state index contributed by atoms with van der Waals surface area (Å²) in [7, 11) is -3.77. The molecule has 4 heteroatoms. The van der Waals surface area contributed by atoms with Gasteiger partial charge in [0.2, 0.25) is 0 Å². The van der Waals surface area contributed by atoms with Crippen molar-refractivity contribution in [1.29, 1.82) is 0 Å². The monoisotopic (exact) mass is 284 g/mol. The van der Waals surface area contributed by atoms with Crippen LogP contribution in [0.1, 0.15) is 50.5 Å². The zero-order valence-corrected chi connectivity index (χ0v) is 12.4. The summed E-state index contributed by atoms with van der Waals surface area (Å²) in [6, 6.07) is 10.5. The third kappa shape index (κ3) is 9.89. The lowest BCUT2D eigenvalue weighted by atomic mass is 10.0. The molecule has 0 atom stereocenters. The average Bonchev–Trinajstić information content (AvgIpc) is 2.37. The van der Waals surface area contributed by atoms with E-state index in [4.69, 9.17) is 9.79 Å². The van der Waals surface area contributed by atoms with Gasteiger partial charge in [0.1, 0.15) is 0 Å². The maximum Gasteiger partial charge on any atom is 0.325 e. The molecule has 0 fully saturated rings. The zero-order chi connectivity index (χ0) is 14.0. The Kier molecular flexibility index (Phi) is 8.04. The molecule has 1 rings (SSSR count). The fourth-order valence-corrected chi connectivity index (χ4v) is 2.81. The molecule has 1 aromatic carbocycles. The molecule has 0 spiro atoms. The summed E-state index contributed by atoms with van der Waals surface area (Å²) in [5, 5.41) is 0. The number of unbranched alkanes of at least 4 members (excludes halogenated alkanes) is 6. The lowest BCUT2D eigenvalue weighted by Gasteiger charge is -2.04. The van der Waals surface area contributed by atoms with Crippen LogP contribution in [0.5, 0.6) is 0 Å². The highest BCUT2D eigenvalue weighted by Gasteiger charge is 2.10. The Balaban J connectivity index is 1.88. The van der Waals surface area contributed by atoms with E-state index in [9.17, 15) is 4.57 Å². The van der Waals surface area contributed by atoms with Crippen LogP contribution in [0.4, 0.5) is 0 Å². The van der Waals surface area contributed by atoms with Crippen molar-refractivity contribution in [1.82, 2.24) is 0 Å². The summed E-state index contributed by atoms with van der Waals surface area (Å²) >= 11 is 0. The van der Waals surface area contributed by atoms with Crippen LogP contribution >= 0.6 is 7.60 Å². The fraction of sp³-hybridized carbons (Fsp3) is 0.600. The van der Waals surface area contributed by atoms with Gasteiger partial charge in [-0.15, -0.1) is 0 Å². The summed E-state index contributed by atoms with van der Waals surface area (Å²) in [5.74, 6) is 0. The summed E-state index contributed by atoms with van der Waals surface area (Å²) in [6.45, 7) is 0. The van der Waals surface area contributed by atoms with Gasteiger partial charge in [0.15, 0.2) is 0 Å². The number of rotatable bonds is 10. The van der Waals surface area contributed by atoms with Crippen LogP contribution in [0.2, 0.25) is 0 Å². The second-order valence-electron chi connectivity index (χ2n) is 5.10. The predicted molar refractivity (Wildman–Crippen MR) is 79.4 cm³/mol. The van der Waals surface area contributed by atoms with Gasteiger partial charge in [-0.1, -0.05) is 62.4 Å². The first-order valence-electron chi connectivity index (χ1n) is 7.16. The van der Waals surface area contributed by atoms with Crippen molar-refractivity contribution >= 4 is 7.60 Å². The van der Waals surface area contributed by atoms with Crippen molar-refractivity contribution in [3.63, 3.8) is 0 Å². The van der Waals surface area contributed by atoms with Gasteiger partial charge in [-0.25, -0.2) is 0 Å². The third-order valence-corrected chi connectivity index (χ3v) is 4.16. The molecule has 0 heterocycles. The van der Waals surface area contributed by atoms with Crippen LogP contribution in [0.15, 0.2) is 30.3 Å². The van der Waals surface area contributed by atoms with Crippen molar-refractivity contribution in [3.8, 4) is 0 Å². The van der Waals surface area contributed by atoms with Crippen LogP contribution in [-0.2, 0) is 11.0 Å². The van der Waals surface area contributed by atoms with Gasteiger partial charge in [0, 0.05) is 6.16 Å². The lowest BCUT2D eigenvalue weighted by Crippen LogP contribution is -1.89. The number of benzene rings is 1. The maximum absolute atomic E-state index is 10.6. The second-order valence-corrected chi connectivity index (χ2v) is 6.88. The molecule has 1 aromatic rings. The summed E-state index contributed by atoms with van der Waals surface area (Å²) in [5.41, 5.74) is 1.41. The molecule has 0 aromatic heterocycles. The number of hydrogen-bond donors (Lipinski definition) is 2. The Hall–Kier alpha value is -0.630. The standard InChI is InChI=1S/C15H25O3P/c16-19(17,18)14-10-5-3-1-2-4-7-11-15-12-8-6-9-13-15/h6,8-9,12-13H,1-5,7,10-11,14H2,(H2,16,17,18). The molecule has 0 aliphatic heterocycles. The quantitative estimate of drug-likeness (QED) is 0.501. The highest BCUT2D eigenvalue weighted by atomic mass is 31.2. The molecule has 0 amide bonds. The molecular weight excluding hydrogens is 259 g/mol. The Morgan fingerprint density at radius 3 is 1.89 bits per heavy atom. The van der Waals surface area contributed by atoms with Crippen LogP contribution in [0.3, 0.4) is 0 Å². The van der Waals surface area contributed by atoms with Gasteiger partial charge in [-0.2, -0.15) is 0 Å². The van der Waals surface area contributed by atoms with Gasteiger partial charge in [-0.3, -0.25) is 4.57 Å². The molecular formula is C15H25O3P. The largest absolute Gasteiger partial charge is 0.325 e. The second kappa shape index (κ2) is 9.30. The summed E-state index contributed by atoms with van der Waals surface area (Å²) in [6.07, 6.45) is 8.74. The minimum Gasteiger partial charge on any atom is -0.324 e. The molecule has 3 nitrogen and oxygen atoms in total. The first-order chi connectivity index (χ1) is 9.08. The summed E-state index contributed by atoms with van der Waals surface area (Å²) < 4.78 is 10.6. The van der Waals surface area contributed by atoms with E-state index in [0.717, 1.165) is 19.3 Å². The van der Waals surface area contributed by atoms with E-state index in [2.05, 4.69) is 24.3 Å². The van der Waals surface area contributed by atoms with E-state index >= 15 is 0 Å². The van der Waals surface area contributed by atoms with Gasteiger partial charge in [-0.05, 0) is 24.8 Å². The van der Waals surface area contributed by atoms with E-state index in [1.165, 1.54) is 31.2 Å². The molecule has 0 saturated heterocycles. The minimum absolute atomic E-state index is 0.0427. The van der Waals surface area contributed by atoms with Crippen LogP contribution in [-0.4, -0.2) is 15.9 Å². The van der Waals surface area contributed by atoms with Gasteiger partial charge >= 0.3 is 7.60 Å². The normalized spacial score (nSPS) is 11.7. The SMILES string of the molecule is O=P(O)(O)CCCCCCCCCc1ccccc1. The number of hydrogen-bond acceptors (Lipinski definition) is 1. The van der Waals surface area contributed by atoms with E-state index in [1.807, 2.05) is 6.07 Å². The third-order valence-electron chi connectivity index (χ3n) is 3.26. The topological polar surface area (TPSA) is 57.5 Å². The first-order valence-corrected chi connectivity index (χ1v) is 8.96. The van der Waals surface area contributed by atoms with E-state index < -0.39 is 7.60 Å². The maximum atomic E-state index is 10.6. The predicted octanol–water partition coefficient (Wildman–Crippen LogP) is 4.14. The molecule has 0 saturated carbocycles. The van der Waals surface area contributed by atoms with Gasteiger partial charge in [0.25, 0.3) is 0 Å². The molecule has 19 heavy (non-hydrogen) atoms. The molecule has 0 bridgehead atoms.